The largest absolute Gasteiger partial charge is 0.490 e. The van der Waals surface area contributed by atoms with Gasteiger partial charge in [0, 0.05) is 10.0 Å². The first-order chi connectivity index (χ1) is 10.2. The molecule has 0 saturated heterocycles. The lowest BCUT2D eigenvalue weighted by molar-refractivity contribution is 0.217. The number of ether oxygens (including phenoxy) is 2. The SMILES string of the molecule is CC(=NO)c1cccc(OCCOc2cccc(Br)c2)c1. The zero-order valence-corrected chi connectivity index (χ0v) is 13.2. The summed E-state index contributed by atoms with van der Waals surface area (Å²) in [7, 11) is 0. The van der Waals surface area contributed by atoms with Crippen molar-refractivity contribution in [1.82, 2.24) is 0 Å². The summed E-state index contributed by atoms with van der Waals surface area (Å²) in [4.78, 5) is 0. The fourth-order valence-corrected chi connectivity index (χ4v) is 2.12. The summed E-state index contributed by atoms with van der Waals surface area (Å²) in [6, 6.07) is 15.1. The van der Waals surface area contributed by atoms with Crippen molar-refractivity contribution < 1.29 is 14.7 Å². The smallest absolute Gasteiger partial charge is 0.122 e. The molecule has 0 amide bonds. The van der Waals surface area contributed by atoms with Crippen LogP contribution in [0.25, 0.3) is 0 Å². The Bertz CT molecular complexity index is 628. The third-order valence-electron chi connectivity index (χ3n) is 2.82. The van der Waals surface area contributed by atoms with E-state index in [0.717, 1.165) is 15.8 Å². The first-order valence-corrected chi connectivity index (χ1v) is 7.28. The number of hydrogen-bond acceptors (Lipinski definition) is 4. The highest BCUT2D eigenvalue weighted by Crippen LogP contribution is 2.18. The van der Waals surface area contributed by atoms with E-state index in [1.54, 1.807) is 6.92 Å². The monoisotopic (exact) mass is 349 g/mol. The molecule has 0 aliphatic heterocycles. The van der Waals surface area contributed by atoms with Gasteiger partial charge in [-0.2, -0.15) is 0 Å². The number of rotatable bonds is 6. The Balaban J connectivity index is 1.84. The van der Waals surface area contributed by atoms with Crippen LogP contribution in [0.4, 0.5) is 0 Å². The van der Waals surface area contributed by atoms with Crippen LogP contribution in [0.5, 0.6) is 11.5 Å². The Morgan fingerprint density at radius 3 is 2.29 bits per heavy atom. The maximum atomic E-state index is 8.76. The van der Waals surface area contributed by atoms with Gasteiger partial charge in [-0.3, -0.25) is 0 Å². The van der Waals surface area contributed by atoms with Gasteiger partial charge < -0.3 is 14.7 Å². The third-order valence-corrected chi connectivity index (χ3v) is 3.31. The molecule has 21 heavy (non-hydrogen) atoms. The van der Waals surface area contributed by atoms with E-state index < -0.39 is 0 Å². The summed E-state index contributed by atoms with van der Waals surface area (Å²) in [6.45, 7) is 2.62. The van der Waals surface area contributed by atoms with Crippen molar-refractivity contribution in [3.05, 3.63) is 58.6 Å². The topological polar surface area (TPSA) is 51.1 Å². The first kappa shape index (κ1) is 15.4. The van der Waals surface area contributed by atoms with Crippen LogP contribution in [0.2, 0.25) is 0 Å². The van der Waals surface area contributed by atoms with E-state index in [-0.39, 0.29) is 0 Å². The zero-order chi connectivity index (χ0) is 15.1. The summed E-state index contributed by atoms with van der Waals surface area (Å²) < 4.78 is 12.2. The first-order valence-electron chi connectivity index (χ1n) is 6.49. The lowest BCUT2D eigenvalue weighted by Crippen LogP contribution is -2.09. The minimum absolute atomic E-state index is 0.436. The molecular weight excluding hydrogens is 334 g/mol. The van der Waals surface area contributed by atoms with Crippen molar-refractivity contribution in [1.29, 1.82) is 0 Å². The number of nitrogens with zero attached hydrogens (tertiary/aromatic N) is 1. The van der Waals surface area contributed by atoms with Crippen molar-refractivity contribution in [2.24, 2.45) is 5.16 Å². The highest BCUT2D eigenvalue weighted by atomic mass is 79.9. The van der Waals surface area contributed by atoms with Crippen LogP contribution >= 0.6 is 15.9 Å². The molecular formula is C16H16BrNO3. The van der Waals surface area contributed by atoms with Gasteiger partial charge in [0.05, 0.1) is 5.71 Å². The van der Waals surface area contributed by atoms with Crippen LogP contribution in [0, 0.1) is 0 Å². The summed E-state index contributed by atoms with van der Waals surface area (Å²) in [5.41, 5.74) is 1.37. The van der Waals surface area contributed by atoms with Crippen molar-refractivity contribution in [2.45, 2.75) is 6.92 Å². The number of oxime groups is 1. The molecule has 4 nitrogen and oxygen atoms in total. The molecule has 0 saturated carbocycles. The summed E-state index contributed by atoms with van der Waals surface area (Å²) in [6.07, 6.45) is 0. The highest BCUT2D eigenvalue weighted by molar-refractivity contribution is 9.10. The second kappa shape index (κ2) is 7.69. The minimum Gasteiger partial charge on any atom is -0.490 e. The van der Waals surface area contributed by atoms with E-state index in [9.17, 15) is 0 Å². The van der Waals surface area contributed by atoms with Crippen LogP contribution in [0.1, 0.15) is 12.5 Å². The molecule has 0 unspecified atom stereocenters. The number of benzene rings is 2. The maximum Gasteiger partial charge on any atom is 0.122 e. The molecule has 0 aliphatic carbocycles. The molecule has 0 aliphatic rings. The van der Waals surface area contributed by atoms with Gasteiger partial charge in [0.1, 0.15) is 24.7 Å². The van der Waals surface area contributed by atoms with Crippen molar-refractivity contribution in [3.63, 3.8) is 0 Å². The van der Waals surface area contributed by atoms with Crippen LogP contribution in [-0.4, -0.2) is 24.1 Å². The van der Waals surface area contributed by atoms with Gasteiger partial charge in [-0.05, 0) is 37.3 Å². The second-order valence-electron chi connectivity index (χ2n) is 4.37. The van der Waals surface area contributed by atoms with E-state index in [0.29, 0.717) is 24.7 Å². The lowest BCUT2D eigenvalue weighted by Gasteiger charge is -2.09. The van der Waals surface area contributed by atoms with Gasteiger partial charge >= 0.3 is 0 Å². The second-order valence-corrected chi connectivity index (χ2v) is 5.28. The fourth-order valence-electron chi connectivity index (χ4n) is 1.74. The average Bonchev–Trinajstić information content (AvgIpc) is 2.51. The summed E-state index contributed by atoms with van der Waals surface area (Å²) in [5.74, 6) is 1.51. The minimum atomic E-state index is 0.436. The standard InChI is InChI=1S/C16H16BrNO3/c1-12(18-19)13-4-2-6-15(10-13)20-8-9-21-16-7-3-5-14(17)11-16/h2-7,10-11,19H,8-9H2,1H3. The van der Waals surface area contributed by atoms with Gasteiger partial charge in [0.2, 0.25) is 0 Å². The molecule has 110 valence electrons. The Labute approximate surface area is 132 Å². The maximum absolute atomic E-state index is 8.76. The van der Waals surface area contributed by atoms with E-state index in [1.807, 2.05) is 48.5 Å². The molecule has 5 heteroatoms. The van der Waals surface area contributed by atoms with Crippen molar-refractivity contribution >= 4 is 21.6 Å². The normalized spacial score (nSPS) is 11.2. The Morgan fingerprint density at radius 2 is 1.67 bits per heavy atom. The molecule has 0 bridgehead atoms. The van der Waals surface area contributed by atoms with E-state index in [2.05, 4.69) is 21.1 Å². The molecule has 0 heterocycles. The van der Waals surface area contributed by atoms with Crippen LogP contribution in [0.15, 0.2) is 58.2 Å². The molecule has 0 aromatic heterocycles. The Kier molecular flexibility index (Phi) is 5.63. The van der Waals surface area contributed by atoms with Gasteiger partial charge in [-0.1, -0.05) is 39.3 Å². The van der Waals surface area contributed by atoms with Gasteiger partial charge in [-0.25, -0.2) is 0 Å². The highest BCUT2D eigenvalue weighted by Gasteiger charge is 2.01. The van der Waals surface area contributed by atoms with E-state index in [4.69, 9.17) is 14.7 Å². The number of halogens is 1. The molecule has 0 fully saturated rings. The quantitative estimate of drug-likeness (QED) is 0.369. The lowest BCUT2D eigenvalue weighted by atomic mass is 10.1. The van der Waals surface area contributed by atoms with Crippen LogP contribution in [0.3, 0.4) is 0 Å². The van der Waals surface area contributed by atoms with Gasteiger partial charge in [0.25, 0.3) is 0 Å². The number of hydrogen-bond donors (Lipinski definition) is 1. The third kappa shape index (κ3) is 4.79. The molecule has 2 rings (SSSR count). The molecule has 1 N–H and O–H groups in total. The zero-order valence-electron chi connectivity index (χ0n) is 11.6. The van der Waals surface area contributed by atoms with Crippen LogP contribution in [-0.2, 0) is 0 Å². The predicted molar refractivity (Wildman–Crippen MR) is 85.6 cm³/mol. The molecule has 0 spiro atoms. The molecule has 0 radical (unpaired) electrons. The summed E-state index contributed by atoms with van der Waals surface area (Å²) in [5, 5.41) is 11.9. The van der Waals surface area contributed by atoms with Crippen molar-refractivity contribution in [3.8, 4) is 11.5 Å². The predicted octanol–water partition coefficient (Wildman–Crippen LogP) is 4.11. The molecule has 2 aromatic rings. The summed E-state index contributed by atoms with van der Waals surface area (Å²) >= 11 is 3.39. The average molecular weight is 350 g/mol. The van der Waals surface area contributed by atoms with Gasteiger partial charge in [-0.15, -0.1) is 0 Å². The van der Waals surface area contributed by atoms with Crippen LogP contribution < -0.4 is 9.47 Å². The van der Waals surface area contributed by atoms with Gasteiger partial charge in [0.15, 0.2) is 0 Å². The van der Waals surface area contributed by atoms with Crippen molar-refractivity contribution in [2.75, 3.05) is 13.2 Å². The fraction of sp³-hybridized carbons (Fsp3) is 0.188. The van der Waals surface area contributed by atoms with E-state index >= 15 is 0 Å². The molecule has 2 aromatic carbocycles. The van der Waals surface area contributed by atoms with E-state index in [1.165, 1.54) is 0 Å². The Hall–Kier alpha value is -2.01. The molecule has 0 atom stereocenters. The Morgan fingerprint density at radius 1 is 1.05 bits per heavy atom.